The van der Waals surface area contributed by atoms with Gasteiger partial charge in [-0.15, -0.1) is 0 Å². The van der Waals surface area contributed by atoms with Gasteiger partial charge in [-0.3, -0.25) is 9.59 Å². The summed E-state index contributed by atoms with van der Waals surface area (Å²) in [6, 6.07) is 6.44. The van der Waals surface area contributed by atoms with Gasteiger partial charge in [-0.25, -0.2) is 8.42 Å². The molecule has 1 heterocycles. The summed E-state index contributed by atoms with van der Waals surface area (Å²) in [5, 5.41) is 2.74. The van der Waals surface area contributed by atoms with Gasteiger partial charge in [0.15, 0.2) is 9.84 Å². The normalized spacial score (nSPS) is 19.0. The molecule has 1 aliphatic rings. The summed E-state index contributed by atoms with van der Waals surface area (Å²) in [5.74, 6) is -1.48. The van der Waals surface area contributed by atoms with E-state index < -0.39 is 27.5 Å². The number of rotatable bonds is 2. The van der Waals surface area contributed by atoms with Gasteiger partial charge in [0.25, 0.3) is 0 Å². The van der Waals surface area contributed by atoms with E-state index in [0.717, 1.165) is 11.8 Å². The summed E-state index contributed by atoms with van der Waals surface area (Å²) in [4.78, 5) is 25.4. The number of nitrogens with one attached hydrogen (secondary N) is 1. The third-order valence-electron chi connectivity index (χ3n) is 3.17. The molecule has 0 saturated carbocycles. The molecule has 0 aliphatic carbocycles. The number of benzene rings is 1. The topological polar surface area (TPSA) is 83.6 Å². The van der Waals surface area contributed by atoms with E-state index in [1.807, 2.05) is 0 Å². The molecule has 2 amide bonds. The molecule has 0 aromatic heterocycles. The van der Waals surface area contributed by atoms with Gasteiger partial charge in [0.05, 0.1) is 0 Å². The largest absolute Gasteiger partial charge is 0.326 e. The van der Waals surface area contributed by atoms with Crippen molar-refractivity contribution in [3.05, 3.63) is 29.8 Å². The number of amides is 2. The van der Waals surface area contributed by atoms with Crippen LogP contribution in [0.15, 0.2) is 24.3 Å². The lowest BCUT2D eigenvalue weighted by molar-refractivity contribution is -0.136. The van der Waals surface area contributed by atoms with Crippen LogP contribution in [-0.4, -0.2) is 43.2 Å². The average molecular weight is 296 g/mol. The smallest absolute Gasteiger partial charge is 0.246 e. The van der Waals surface area contributed by atoms with Crippen molar-refractivity contribution in [3.8, 4) is 0 Å². The monoisotopic (exact) mass is 296 g/mol. The van der Waals surface area contributed by atoms with Crippen molar-refractivity contribution in [3.63, 3.8) is 0 Å². The zero-order valence-electron chi connectivity index (χ0n) is 11.3. The fourth-order valence-electron chi connectivity index (χ4n) is 2.09. The summed E-state index contributed by atoms with van der Waals surface area (Å²) in [6.07, 6.45) is 1.00. The van der Waals surface area contributed by atoms with Crippen molar-refractivity contribution >= 4 is 27.3 Å². The van der Waals surface area contributed by atoms with Gasteiger partial charge in [0.2, 0.25) is 11.8 Å². The molecule has 108 valence electrons. The average Bonchev–Trinajstić information content (AvgIpc) is 2.46. The maximum Gasteiger partial charge on any atom is 0.246 e. The third-order valence-corrected chi connectivity index (χ3v) is 3.94. The van der Waals surface area contributed by atoms with Crippen LogP contribution in [0.4, 0.5) is 5.69 Å². The lowest BCUT2D eigenvalue weighted by Gasteiger charge is -2.25. The van der Waals surface area contributed by atoms with E-state index in [1.165, 1.54) is 4.90 Å². The highest BCUT2D eigenvalue weighted by Gasteiger charge is 2.31. The molecule has 1 aliphatic heterocycles. The minimum absolute atomic E-state index is 0.213. The van der Waals surface area contributed by atoms with Crippen molar-refractivity contribution < 1.29 is 18.0 Å². The van der Waals surface area contributed by atoms with Crippen molar-refractivity contribution in [2.75, 3.05) is 17.3 Å². The van der Waals surface area contributed by atoms with Crippen molar-refractivity contribution in [2.45, 2.75) is 19.5 Å². The van der Waals surface area contributed by atoms with Gasteiger partial charge in [-0.1, -0.05) is 18.2 Å². The fraction of sp³-hybridized carbons (Fsp3) is 0.385. The first-order valence-electron chi connectivity index (χ1n) is 6.14. The third kappa shape index (κ3) is 3.16. The fourth-order valence-corrected chi connectivity index (χ4v) is 2.71. The molecular weight excluding hydrogens is 280 g/mol. The molecule has 0 fully saturated rings. The van der Waals surface area contributed by atoms with Gasteiger partial charge >= 0.3 is 0 Å². The number of anilines is 1. The maximum atomic E-state index is 12.1. The van der Waals surface area contributed by atoms with E-state index in [1.54, 1.807) is 31.2 Å². The van der Waals surface area contributed by atoms with E-state index in [2.05, 4.69) is 5.32 Å². The van der Waals surface area contributed by atoms with Crippen LogP contribution in [0.1, 0.15) is 12.5 Å². The Hall–Kier alpha value is -1.89. The first-order valence-corrected chi connectivity index (χ1v) is 8.20. The highest BCUT2D eigenvalue weighted by atomic mass is 32.2. The molecule has 0 bridgehead atoms. The highest BCUT2D eigenvalue weighted by molar-refractivity contribution is 7.91. The second-order valence-corrected chi connectivity index (χ2v) is 7.05. The Morgan fingerprint density at radius 2 is 2.05 bits per heavy atom. The Morgan fingerprint density at radius 3 is 2.70 bits per heavy atom. The lowest BCUT2D eigenvalue weighted by atomic mass is 10.1. The molecule has 1 atom stereocenters. The molecule has 0 radical (unpaired) electrons. The quantitative estimate of drug-likeness (QED) is 0.856. The summed E-state index contributed by atoms with van der Waals surface area (Å²) in [5.41, 5.74) is 1.44. The number of nitrogens with zero attached hydrogens (tertiary/aromatic N) is 1. The Morgan fingerprint density at radius 1 is 1.40 bits per heavy atom. The highest BCUT2D eigenvalue weighted by Crippen LogP contribution is 2.23. The summed E-state index contributed by atoms with van der Waals surface area (Å²) in [7, 11) is -3.43. The second-order valence-electron chi connectivity index (χ2n) is 4.91. The molecule has 0 spiro atoms. The predicted molar refractivity (Wildman–Crippen MR) is 74.8 cm³/mol. The summed E-state index contributed by atoms with van der Waals surface area (Å²) >= 11 is 0. The van der Waals surface area contributed by atoms with E-state index >= 15 is 0 Å². The molecule has 20 heavy (non-hydrogen) atoms. The van der Waals surface area contributed by atoms with Crippen LogP contribution in [0.2, 0.25) is 0 Å². The van der Waals surface area contributed by atoms with E-state index in [9.17, 15) is 18.0 Å². The Bertz CT molecular complexity index is 654. The zero-order chi connectivity index (χ0) is 14.9. The first-order chi connectivity index (χ1) is 9.28. The van der Waals surface area contributed by atoms with Crippen LogP contribution in [0, 0.1) is 0 Å². The second kappa shape index (κ2) is 5.24. The maximum absolute atomic E-state index is 12.1. The van der Waals surface area contributed by atoms with E-state index in [0.29, 0.717) is 5.69 Å². The number of para-hydroxylation sites is 1. The first kappa shape index (κ1) is 14.5. The molecule has 7 heteroatoms. The van der Waals surface area contributed by atoms with Crippen LogP contribution in [0.3, 0.4) is 0 Å². The number of carbonyl (C=O) groups is 2. The van der Waals surface area contributed by atoms with Crippen LogP contribution in [-0.2, 0) is 26.0 Å². The SMILES string of the molecule is CC1C(=O)Nc2ccccc2CN1C(=O)CS(C)(=O)=O. The number of hydrogen-bond acceptors (Lipinski definition) is 4. The van der Waals surface area contributed by atoms with Gasteiger partial charge < -0.3 is 10.2 Å². The number of hydrogen-bond donors (Lipinski definition) is 1. The van der Waals surface area contributed by atoms with Gasteiger partial charge in [-0.05, 0) is 18.6 Å². The van der Waals surface area contributed by atoms with Crippen molar-refractivity contribution in [1.82, 2.24) is 4.90 Å². The predicted octanol–water partition coefficient (Wildman–Crippen LogP) is 0.400. The number of fused-ring (bicyclic) bond motifs is 1. The molecular formula is C13H16N2O4S. The minimum Gasteiger partial charge on any atom is -0.326 e. The molecule has 1 unspecified atom stereocenters. The standard InChI is InChI=1S/C13H16N2O4S/c1-9-13(17)14-11-6-4-3-5-10(11)7-15(9)12(16)8-20(2,18)19/h3-6,9H,7-8H2,1-2H3,(H,14,17). The number of sulfone groups is 1. The van der Waals surface area contributed by atoms with Crippen molar-refractivity contribution in [2.24, 2.45) is 0 Å². The van der Waals surface area contributed by atoms with E-state index in [-0.39, 0.29) is 12.5 Å². The summed E-state index contributed by atoms with van der Waals surface area (Å²) < 4.78 is 22.5. The van der Waals surface area contributed by atoms with Gasteiger partial charge in [0.1, 0.15) is 11.8 Å². The number of carbonyl (C=O) groups excluding carboxylic acids is 2. The molecule has 1 aromatic carbocycles. The Balaban J connectivity index is 2.33. The molecule has 1 aromatic rings. The van der Waals surface area contributed by atoms with Crippen LogP contribution in [0.25, 0.3) is 0 Å². The van der Waals surface area contributed by atoms with Crippen molar-refractivity contribution in [1.29, 1.82) is 0 Å². The van der Waals surface area contributed by atoms with Crippen LogP contribution in [0.5, 0.6) is 0 Å². The molecule has 2 rings (SSSR count). The zero-order valence-corrected chi connectivity index (χ0v) is 12.1. The van der Waals surface area contributed by atoms with Gasteiger partial charge in [0, 0.05) is 18.5 Å². The minimum atomic E-state index is -3.43. The molecule has 6 nitrogen and oxygen atoms in total. The molecule has 0 saturated heterocycles. The van der Waals surface area contributed by atoms with Crippen LogP contribution >= 0.6 is 0 Å². The Labute approximate surface area is 117 Å². The molecule has 1 N–H and O–H groups in total. The van der Waals surface area contributed by atoms with E-state index in [4.69, 9.17) is 0 Å². The lowest BCUT2D eigenvalue weighted by Crippen LogP contribution is -2.45. The van der Waals surface area contributed by atoms with Crippen LogP contribution < -0.4 is 5.32 Å². The van der Waals surface area contributed by atoms with Gasteiger partial charge in [-0.2, -0.15) is 0 Å². The Kier molecular flexibility index (Phi) is 3.80. The summed E-state index contributed by atoms with van der Waals surface area (Å²) in [6.45, 7) is 1.80.